The van der Waals surface area contributed by atoms with Gasteiger partial charge in [0, 0.05) is 28.7 Å². The number of carbonyl (C=O) groups excluding carboxylic acids is 1. The van der Waals surface area contributed by atoms with Gasteiger partial charge in [0.1, 0.15) is 0 Å². The smallest absolute Gasteiger partial charge is 0.319 e. The Balaban J connectivity index is 2.48. The standard InChI is InChI=1S/C13H16Cl2N2O3/c1-2-8(3-12(18)19)7-16-13(20)17-11-5-9(14)4-10(15)6-11/h4-6,8H,2-3,7H2,1H3,(H,18,19)(H2,16,17,20). The van der Waals surface area contributed by atoms with Crippen LogP contribution in [0.1, 0.15) is 19.8 Å². The lowest BCUT2D eigenvalue weighted by molar-refractivity contribution is -0.138. The van der Waals surface area contributed by atoms with Crippen molar-refractivity contribution >= 4 is 40.9 Å². The Hall–Kier alpha value is -1.46. The highest BCUT2D eigenvalue weighted by Gasteiger charge is 2.12. The molecule has 0 aliphatic heterocycles. The number of carboxylic acids is 1. The van der Waals surface area contributed by atoms with E-state index < -0.39 is 12.0 Å². The SMILES string of the molecule is CCC(CNC(=O)Nc1cc(Cl)cc(Cl)c1)CC(=O)O. The van der Waals surface area contributed by atoms with E-state index in [2.05, 4.69) is 10.6 Å². The van der Waals surface area contributed by atoms with Crippen molar-refractivity contribution in [3.05, 3.63) is 28.2 Å². The number of hydrogen-bond donors (Lipinski definition) is 3. The van der Waals surface area contributed by atoms with Crippen molar-refractivity contribution in [3.8, 4) is 0 Å². The molecule has 0 bridgehead atoms. The first kappa shape index (κ1) is 16.6. The lowest BCUT2D eigenvalue weighted by Crippen LogP contribution is -2.33. The fourth-order valence-corrected chi connectivity index (χ4v) is 2.17. The molecule has 3 N–H and O–H groups in total. The number of rotatable bonds is 6. The van der Waals surface area contributed by atoms with Gasteiger partial charge in [-0.25, -0.2) is 4.79 Å². The fraction of sp³-hybridized carbons (Fsp3) is 0.385. The number of carboxylic acid groups (broad SMARTS) is 1. The molecule has 5 nitrogen and oxygen atoms in total. The topological polar surface area (TPSA) is 78.4 Å². The zero-order chi connectivity index (χ0) is 15.1. The molecular formula is C13H16Cl2N2O3. The van der Waals surface area contributed by atoms with E-state index in [-0.39, 0.29) is 12.3 Å². The Kier molecular flexibility index (Phi) is 6.61. The van der Waals surface area contributed by atoms with Crippen molar-refractivity contribution in [1.29, 1.82) is 0 Å². The quantitative estimate of drug-likeness (QED) is 0.749. The van der Waals surface area contributed by atoms with Gasteiger partial charge in [0.2, 0.25) is 0 Å². The second kappa shape index (κ2) is 7.97. The van der Waals surface area contributed by atoms with Crippen LogP contribution in [-0.2, 0) is 4.79 Å². The third-order valence-corrected chi connectivity index (χ3v) is 3.15. The summed E-state index contributed by atoms with van der Waals surface area (Å²) in [5, 5.41) is 14.8. The van der Waals surface area contributed by atoms with Crippen LogP contribution in [0.3, 0.4) is 0 Å². The first-order chi connectivity index (χ1) is 9.40. The van der Waals surface area contributed by atoms with Gasteiger partial charge in [-0.15, -0.1) is 0 Å². The summed E-state index contributed by atoms with van der Waals surface area (Å²) in [4.78, 5) is 22.3. The van der Waals surface area contributed by atoms with E-state index in [9.17, 15) is 9.59 Å². The molecule has 0 aliphatic rings. The van der Waals surface area contributed by atoms with E-state index in [0.717, 1.165) is 0 Å². The monoisotopic (exact) mass is 318 g/mol. The largest absolute Gasteiger partial charge is 0.481 e. The zero-order valence-electron chi connectivity index (χ0n) is 11.0. The minimum absolute atomic E-state index is 0.0276. The molecule has 0 aromatic heterocycles. The number of anilines is 1. The third-order valence-electron chi connectivity index (χ3n) is 2.71. The molecule has 20 heavy (non-hydrogen) atoms. The molecule has 1 unspecified atom stereocenters. The molecule has 0 saturated carbocycles. The van der Waals surface area contributed by atoms with E-state index in [1.54, 1.807) is 18.2 Å². The lowest BCUT2D eigenvalue weighted by atomic mass is 10.0. The molecule has 1 aromatic rings. The average molecular weight is 319 g/mol. The van der Waals surface area contributed by atoms with Crippen LogP contribution in [0.5, 0.6) is 0 Å². The minimum atomic E-state index is -0.874. The van der Waals surface area contributed by atoms with Crippen LogP contribution in [0.4, 0.5) is 10.5 Å². The van der Waals surface area contributed by atoms with E-state index in [1.165, 1.54) is 0 Å². The Morgan fingerprint density at radius 1 is 1.25 bits per heavy atom. The van der Waals surface area contributed by atoms with Crippen LogP contribution in [0.25, 0.3) is 0 Å². The predicted octanol–water partition coefficient (Wildman–Crippen LogP) is 3.62. The van der Waals surface area contributed by atoms with Gasteiger partial charge in [-0.3, -0.25) is 4.79 Å². The third kappa shape index (κ3) is 6.12. The molecule has 1 rings (SSSR count). The van der Waals surface area contributed by atoms with E-state index >= 15 is 0 Å². The van der Waals surface area contributed by atoms with Crippen LogP contribution in [0.2, 0.25) is 10.0 Å². The lowest BCUT2D eigenvalue weighted by Gasteiger charge is -2.14. The summed E-state index contributed by atoms with van der Waals surface area (Å²) < 4.78 is 0. The minimum Gasteiger partial charge on any atom is -0.481 e. The summed E-state index contributed by atoms with van der Waals surface area (Å²) in [6.45, 7) is 2.17. The highest BCUT2D eigenvalue weighted by molar-refractivity contribution is 6.35. The molecule has 2 amide bonds. The summed E-state index contributed by atoms with van der Waals surface area (Å²) in [7, 11) is 0. The van der Waals surface area contributed by atoms with Crippen molar-refractivity contribution in [2.75, 3.05) is 11.9 Å². The number of amides is 2. The Labute approximate surface area is 127 Å². The molecule has 0 aliphatic carbocycles. The molecule has 7 heteroatoms. The highest BCUT2D eigenvalue weighted by atomic mass is 35.5. The van der Waals surface area contributed by atoms with Gasteiger partial charge in [0.05, 0.1) is 0 Å². The summed E-state index contributed by atoms with van der Waals surface area (Å²) >= 11 is 11.6. The molecule has 0 radical (unpaired) electrons. The van der Waals surface area contributed by atoms with Gasteiger partial charge in [-0.2, -0.15) is 0 Å². The Bertz CT molecular complexity index is 474. The zero-order valence-corrected chi connectivity index (χ0v) is 12.5. The molecule has 0 saturated heterocycles. The average Bonchev–Trinajstić information content (AvgIpc) is 2.32. The second-order valence-corrected chi connectivity index (χ2v) is 5.24. The van der Waals surface area contributed by atoms with Gasteiger partial charge in [0.25, 0.3) is 0 Å². The fourth-order valence-electron chi connectivity index (χ4n) is 1.65. The number of hydrogen-bond acceptors (Lipinski definition) is 2. The molecule has 110 valence electrons. The summed E-state index contributed by atoms with van der Waals surface area (Å²) in [5.74, 6) is -0.970. The van der Waals surface area contributed by atoms with Gasteiger partial charge in [-0.1, -0.05) is 36.5 Å². The molecule has 0 spiro atoms. The first-order valence-corrected chi connectivity index (χ1v) is 6.89. The van der Waals surface area contributed by atoms with Crippen molar-refractivity contribution in [3.63, 3.8) is 0 Å². The predicted molar refractivity (Wildman–Crippen MR) is 79.5 cm³/mol. The Morgan fingerprint density at radius 3 is 2.35 bits per heavy atom. The molecule has 0 heterocycles. The van der Waals surface area contributed by atoms with Crippen molar-refractivity contribution < 1.29 is 14.7 Å². The van der Waals surface area contributed by atoms with Crippen LogP contribution < -0.4 is 10.6 Å². The van der Waals surface area contributed by atoms with Crippen molar-refractivity contribution in [1.82, 2.24) is 5.32 Å². The number of halogens is 2. The van der Waals surface area contributed by atoms with Crippen LogP contribution in [-0.4, -0.2) is 23.7 Å². The van der Waals surface area contributed by atoms with Crippen LogP contribution in [0.15, 0.2) is 18.2 Å². The molecular weight excluding hydrogens is 303 g/mol. The second-order valence-electron chi connectivity index (χ2n) is 4.37. The van der Waals surface area contributed by atoms with Gasteiger partial charge < -0.3 is 15.7 Å². The van der Waals surface area contributed by atoms with Crippen molar-refractivity contribution in [2.45, 2.75) is 19.8 Å². The molecule has 0 fully saturated rings. The van der Waals surface area contributed by atoms with Crippen LogP contribution in [0, 0.1) is 5.92 Å². The van der Waals surface area contributed by atoms with Crippen LogP contribution >= 0.6 is 23.2 Å². The maximum absolute atomic E-state index is 11.7. The van der Waals surface area contributed by atoms with Gasteiger partial charge in [0.15, 0.2) is 0 Å². The molecule has 1 atom stereocenters. The van der Waals surface area contributed by atoms with E-state index in [4.69, 9.17) is 28.3 Å². The summed E-state index contributed by atoms with van der Waals surface area (Å²) in [5.41, 5.74) is 0.478. The number of urea groups is 1. The van der Waals surface area contributed by atoms with E-state index in [1.807, 2.05) is 6.92 Å². The maximum atomic E-state index is 11.7. The number of carbonyl (C=O) groups is 2. The maximum Gasteiger partial charge on any atom is 0.319 e. The van der Waals surface area contributed by atoms with E-state index in [0.29, 0.717) is 28.7 Å². The van der Waals surface area contributed by atoms with Crippen molar-refractivity contribution in [2.24, 2.45) is 5.92 Å². The summed E-state index contributed by atoms with van der Waals surface area (Å²) in [6.07, 6.45) is 0.704. The highest BCUT2D eigenvalue weighted by Crippen LogP contribution is 2.22. The number of nitrogens with one attached hydrogen (secondary N) is 2. The summed E-state index contributed by atoms with van der Waals surface area (Å²) in [6, 6.07) is 4.28. The van der Waals surface area contributed by atoms with Gasteiger partial charge >= 0.3 is 12.0 Å². The normalized spacial score (nSPS) is 11.8. The van der Waals surface area contributed by atoms with Gasteiger partial charge in [-0.05, 0) is 24.1 Å². The first-order valence-electron chi connectivity index (χ1n) is 6.13. The number of aliphatic carboxylic acids is 1. The number of benzene rings is 1. The Morgan fingerprint density at radius 2 is 1.85 bits per heavy atom. The molecule has 1 aromatic carbocycles.